The Balaban J connectivity index is 2.22. The minimum atomic E-state index is 0.258. The number of nitrogen functional groups attached to an aromatic ring is 1. The zero-order valence-electron chi connectivity index (χ0n) is 7.76. The molecular weight excluding hydrogens is 194 g/mol. The quantitative estimate of drug-likeness (QED) is 0.664. The lowest BCUT2D eigenvalue weighted by Crippen LogP contribution is -2.55. The first-order valence-electron chi connectivity index (χ1n) is 4.79. The van der Waals surface area contributed by atoms with E-state index in [1.165, 1.54) is 16.9 Å². The fraction of sp³-hybridized carbons (Fsp3) is 0.500. The van der Waals surface area contributed by atoms with E-state index in [9.17, 15) is 0 Å². The fourth-order valence-corrected chi connectivity index (χ4v) is 3.74. The Morgan fingerprint density at radius 2 is 2.29 bits per heavy atom. The van der Waals surface area contributed by atoms with E-state index in [1.54, 1.807) is 11.3 Å². The molecule has 3 nitrogen and oxygen atoms in total. The molecule has 14 heavy (non-hydrogen) atoms. The highest BCUT2D eigenvalue weighted by Crippen LogP contribution is 2.48. The summed E-state index contributed by atoms with van der Waals surface area (Å²) in [5, 5.41) is 13.1. The van der Waals surface area contributed by atoms with Crippen molar-refractivity contribution in [2.24, 2.45) is 0 Å². The zero-order chi connectivity index (χ0) is 9.76. The standard InChI is InChI=1S/C10H11N3S/c11-3-6-8-7(14-9(6)12)1-2-10(8)4-13-5-10/h13H,1-2,4-5,12H2. The van der Waals surface area contributed by atoms with E-state index in [-0.39, 0.29) is 5.41 Å². The summed E-state index contributed by atoms with van der Waals surface area (Å²) in [6, 6.07) is 2.26. The number of nitrogens with two attached hydrogens (primary N) is 1. The molecule has 0 saturated carbocycles. The van der Waals surface area contributed by atoms with Crippen molar-refractivity contribution in [2.75, 3.05) is 18.8 Å². The normalized spacial score (nSPS) is 21.6. The maximum absolute atomic E-state index is 9.08. The van der Waals surface area contributed by atoms with Gasteiger partial charge in [-0.05, 0) is 18.4 Å². The van der Waals surface area contributed by atoms with Gasteiger partial charge in [0.15, 0.2) is 0 Å². The SMILES string of the molecule is N#Cc1c(N)sc2c1C1(CC2)CNC1. The number of nitrogens with zero attached hydrogens (tertiary/aromatic N) is 1. The average Bonchev–Trinajstić information content (AvgIpc) is 2.58. The third-order valence-corrected chi connectivity index (χ3v) is 4.49. The number of hydrogen-bond donors (Lipinski definition) is 2. The molecule has 3 rings (SSSR count). The number of anilines is 1. The predicted molar refractivity (Wildman–Crippen MR) is 56.3 cm³/mol. The maximum atomic E-state index is 9.08. The second kappa shape index (κ2) is 2.50. The Hall–Kier alpha value is -1.05. The molecule has 1 saturated heterocycles. The molecule has 4 heteroatoms. The molecule has 1 aromatic heterocycles. The topological polar surface area (TPSA) is 61.8 Å². The number of thiophene rings is 1. The number of aryl methyl sites for hydroxylation is 1. The zero-order valence-corrected chi connectivity index (χ0v) is 8.58. The molecule has 2 aliphatic rings. The van der Waals surface area contributed by atoms with Gasteiger partial charge in [0.25, 0.3) is 0 Å². The molecule has 0 unspecified atom stereocenters. The van der Waals surface area contributed by atoms with Crippen molar-refractivity contribution >= 4 is 16.3 Å². The van der Waals surface area contributed by atoms with Gasteiger partial charge in [-0.2, -0.15) is 5.26 Å². The van der Waals surface area contributed by atoms with Crippen molar-refractivity contribution < 1.29 is 0 Å². The van der Waals surface area contributed by atoms with E-state index >= 15 is 0 Å². The Labute approximate surface area is 86.5 Å². The second-order valence-electron chi connectivity index (χ2n) is 4.14. The van der Waals surface area contributed by atoms with Gasteiger partial charge in [-0.15, -0.1) is 11.3 Å². The van der Waals surface area contributed by atoms with E-state index < -0.39 is 0 Å². The molecule has 1 aliphatic carbocycles. The van der Waals surface area contributed by atoms with Gasteiger partial charge in [-0.3, -0.25) is 0 Å². The van der Waals surface area contributed by atoms with Crippen molar-refractivity contribution in [3.8, 4) is 6.07 Å². The van der Waals surface area contributed by atoms with Crippen molar-refractivity contribution in [3.63, 3.8) is 0 Å². The van der Waals surface area contributed by atoms with Crippen LogP contribution in [0.4, 0.5) is 5.00 Å². The van der Waals surface area contributed by atoms with Crippen molar-refractivity contribution in [3.05, 3.63) is 16.0 Å². The van der Waals surface area contributed by atoms with Crippen LogP contribution in [0.15, 0.2) is 0 Å². The molecule has 72 valence electrons. The van der Waals surface area contributed by atoms with Crippen LogP contribution in [0.25, 0.3) is 0 Å². The van der Waals surface area contributed by atoms with Crippen LogP contribution >= 0.6 is 11.3 Å². The summed E-state index contributed by atoms with van der Waals surface area (Å²) in [5.74, 6) is 0. The summed E-state index contributed by atoms with van der Waals surface area (Å²) in [6.45, 7) is 2.04. The van der Waals surface area contributed by atoms with Gasteiger partial charge in [-0.1, -0.05) is 0 Å². The molecule has 3 N–H and O–H groups in total. The third kappa shape index (κ3) is 0.794. The Morgan fingerprint density at radius 3 is 2.86 bits per heavy atom. The molecule has 0 radical (unpaired) electrons. The van der Waals surface area contributed by atoms with Crippen molar-refractivity contribution in [2.45, 2.75) is 18.3 Å². The number of hydrogen-bond acceptors (Lipinski definition) is 4. The number of nitriles is 1. The highest BCUT2D eigenvalue weighted by Gasteiger charge is 2.47. The molecule has 1 fully saturated rings. The van der Waals surface area contributed by atoms with Crippen molar-refractivity contribution in [1.82, 2.24) is 5.32 Å². The van der Waals surface area contributed by atoms with E-state index in [4.69, 9.17) is 11.0 Å². The lowest BCUT2D eigenvalue weighted by Gasteiger charge is -2.40. The first-order valence-corrected chi connectivity index (χ1v) is 5.61. The molecule has 1 aliphatic heterocycles. The lowest BCUT2D eigenvalue weighted by atomic mass is 9.76. The highest BCUT2D eigenvalue weighted by molar-refractivity contribution is 7.16. The molecule has 0 atom stereocenters. The smallest absolute Gasteiger partial charge is 0.104 e. The monoisotopic (exact) mass is 205 g/mol. The summed E-state index contributed by atoms with van der Waals surface area (Å²) in [5.41, 5.74) is 8.11. The summed E-state index contributed by atoms with van der Waals surface area (Å²) < 4.78 is 0. The summed E-state index contributed by atoms with van der Waals surface area (Å²) in [4.78, 5) is 1.35. The van der Waals surface area contributed by atoms with E-state index in [1.807, 2.05) is 0 Å². The number of rotatable bonds is 0. The predicted octanol–water partition coefficient (Wildman–Crippen LogP) is 0.989. The molecule has 1 spiro atoms. The fourth-order valence-electron chi connectivity index (χ4n) is 2.60. The van der Waals surface area contributed by atoms with Gasteiger partial charge in [0.05, 0.1) is 5.56 Å². The van der Waals surface area contributed by atoms with Gasteiger partial charge >= 0.3 is 0 Å². The molecule has 0 amide bonds. The molecule has 0 bridgehead atoms. The molecule has 0 aromatic carbocycles. The molecule has 1 aromatic rings. The highest BCUT2D eigenvalue weighted by atomic mass is 32.1. The lowest BCUT2D eigenvalue weighted by molar-refractivity contribution is 0.276. The van der Waals surface area contributed by atoms with Gasteiger partial charge in [0.2, 0.25) is 0 Å². The van der Waals surface area contributed by atoms with Crippen LogP contribution < -0.4 is 11.1 Å². The van der Waals surface area contributed by atoms with Crippen LogP contribution in [-0.4, -0.2) is 13.1 Å². The summed E-state index contributed by atoms with van der Waals surface area (Å²) in [6.07, 6.45) is 2.30. The summed E-state index contributed by atoms with van der Waals surface area (Å²) >= 11 is 1.61. The van der Waals surface area contributed by atoms with Crippen molar-refractivity contribution in [1.29, 1.82) is 5.26 Å². The van der Waals surface area contributed by atoms with Gasteiger partial charge < -0.3 is 11.1 Å². The van der Waals surface area contributed by atoms with Crippen LogP contribution in [0.5, 0.6) is 0 Å². The van der Waals surface area contributed by atoms with Crippen LogP contribution in [0, 0.1) is 11.3 Å². The Bertz CT molecular complexity index is 437. The minimum absolute atomic E-state index is 0.258. The summed E-state index contributed by atoms with van der Waals surface area (Å²) in [7, 11) is 0. The second-order valence-corrected chi connectivity index (χ2v) is 5.27. The maximum Gasteiger partial charge on any atom is 0.104 e. The van der Waals surface area contributed by atoms with Crippen LogP contribution in [0.2, 0.25) is 0 Å². The van der Waals surface area contributed by atoms with Gasteiger partial charge in [0.1, 0.15) is 11.1 Å². The third-order valence-electron chi connectivity index (χ3n) is 3.41. The number of nitrogens with one attached hydrogen (secondary N) is 1. The Morgan fingerprint density at radius 1 is 1.50 bits per heavy atom. The largest absolute Gasteiger partial charge is 0.389 e. The van der Waals surface area contributed by atoms with Crippen LogP contribution in [0.1, 0.15) is 22.4 Å². The van der Waals surface area contributed by atoms with Gasteiger partial charge in [0, 0.05) is 23.4 Å². The van der Waals surface area contributed by atoms with Gasteiger partial charge in [-0.25, -0.2) is 0 Å². The van der Waals surface area contributed by atoms with E-state index in [0.717, 1.165) is 25.1 Å². The van der Waals surface area contributed by atoms with Crippen LogP contribution in [0.3, 0.4) is 0 Å². The first kappa shape index (κ1) is 8.27. The average molecular weight is 205 g/mol. The Kier molecular flexibility index (Phi) is 1.48. The van der Waals surface area contributed by atoms with E-state index in [2.05, 4.69) is 11.4 Å². The minimum Gasteiger partial charge on any atom is -0.389 e. The molecule has 2 heterocycles. The molecular formula is C10H11N3S. The van der Waals surface area contributed by atoms with Crippen LogP contribution in [-0.2, 0) is 11.8 Å². The van der Waals surface area contributed by atoms with E-state index in [0.29, 0.717) is 5.00 Å². The number of fused-ring (bicyclic) bond motifs is 2. The first-order chi connectivity index (χ1) is 6.77.